The topological polar surface area (TPSA) is 69.6 Å². The molecule has 2 aromatic carbocycles. The summed E-state index contributed by atoms with van der Waals surface area (Å²) in [4.78, 5) is 0. The molecule has 6 heteroatoms. The predicted molar refractivity (Wildman–Crippen MR) is 81.4 cm³/mol. The molecule has 1 heterocycles. The van der Waals surface area contributed by atoms with Gasteiger partial charge in [0.2, 0.25) is 0 Å². The van der Waals surface area contributed by atoms with Crippen LogP contribution in [0.1, 0.15) is 5.56 Å². The molecule has 2 N–H and O–H groups in total. The van der Waals surface area contributed by atoms with Gasteiger partial charge in [-0.05, 0) is 47.2 Å². The molecule has 0 atom stereocenters. The fourth-order valence-corrected chi connectivity index (χ4v) is 2.37. The summed E-state index contributed by atoms with van der Waals surface area (Å²) >= 11 is 3.47. The number of halogens is 1. The summed E-state index contributed by atoms with van der Waals surface area (Å²) in [6.45, 7) is 2.02. The van der Waals surface area contributed by atoms with E-state index in [1.54, 1.807) is 4.68 Å². The highest BCUT2D eigenvalue weighted by Crippen LogP contribution is 2.25. The van der Waals surface area contributed by atoms with E-state index in [1.807, 2.05) is 49.4 Å². The highest BCUT2D eigenvalue weighted by atomic mass is 79.9. The van der Waals surface area contributed by atoms with Crippen LogP contribution in [-0.4, -0.2) is 20.2 Å². The van der Waals surface area contributed by atoms with Crippen molar-refractivity contribution in [1.29, 1.82) is 0 Å². The highest BCUT2D eigenvalue weighted by molar-refractivity contribution is 9.10. The van der Waals surface area contributed by atoms with Crippen LogP contribution in [0.2, 0.25) is 0 Å². The normalized spacial score (nSPS) is 10.7. The van der Waals surface area contributed by atoms with Gasteiger partial charge in [0, 0.05) is 15.7 Å². The Kier molecular flexibility index (Phi) is 3.23. The molecule has 20 heavy (non-hydrogen) atoms. The first-order valence-electron chi connectivity index (χ1n) is 6.06. The number of hydrogen-bond acceptors (Lipinski definition) is 4. The molecule has 0 aliphatic carbocycles. The number of anilines is 1. The van der Waals surface area contributed by atoms with Gasteiger partial charge in [0.05, 0.1) is 5.69 Å². The second kappa shape index (κ2) is 5.05. The van der Waals surface area contributed by atoms with Crippen LogP contribution >= 0.6 is 15.9 Å². The molecule has 0 spiro atoms. The van der Waals surface area contributed by atoms with Crippen LogP contribution in [-0.2, 0) is 0 Å². The number of aromatic nitrogens is 4. The summed E-state index contributed by atoms with van der Waals surface area (Å²) in [6, 6.07) is 13.5. The molecule has 0 amide bonds. The highest BCUT2D eigenvalue weighted by Gasteiger charge is 2.13. The van der Waals surface area contributed by atoms with Crippen LogP contribution in [0.3, 0.4) is 0 Å². The van der Waals surface area contributed by atoms with Crippen molar-refractivity contribution in [2.24, 2.45) is 0 Å². The Morgan fingerprint density at radius 2 is 2.00 bits per heavy atom. The Balaban J connectivity index is 2.18. The third kappa shape index (κ3) is 2.30. The summed E-state index contributed by atoms with van der Waals surface area (Å²) in [5, 5.41) is 12.0. The lowest BCUT2D eigenvalue weighted by Crippen LogP contribution is -2.02. The van der Waals surface area contributed by atoms with E-state index in [4.69, 9.17) is 5.73 Å². The lowest BCUT2D eigenvalue weighted by atomic mass is 10.1. The Bertz CT molecular complexity index is 766. The van der Waals surface area contributed by atoms with Crippen molar-refractivity contribution >= 4 is 21.6 Å². The monoisotopic (exact) mass is 329 g/mol. The van der Waals surface area contributed by atoms with Gasteiger partial charge < -0.3 is 5.73 Å². The Morgan fingerprint density at radius 3 is 2.80 bits per heavy atom. The van der Waals surface area contributed by atoms with Crippen molar-refractivity contribution in [2.75, 3.05) is 5.73 Å². The standard InChI is InChI=1S/C14H12BrN5/c1-9-5-6-11(15)8-13(9)20-14(17-18-19-20)10-3-2-4-12(16)7-10/h2-8H,16H2,1H3. The van der Waals surface area contributed by atoms with Gasteiger partial charge in [0.25, 0.3) is 0 Å². The summed E-state index contributed by atoms with van der Waals surface area (Å²) in [5.74, 6) is 0.665. The number of aryl methyl sites for hydroxylation is 1. The lowest BCUT2D eigenvalue weighted by molar-refractivity contribution is 0.787. The first-order valence-corrected chi connectivity index (χ1v) is 6.85. The minimum Gasteiger partial charge on any atom is -0.399 e. The number of nitrogen functional groups attached to an aromatic ring is 1. The van der Waals surface area contributed by atoms with Gasteiger partial charge >= 0.3 is 0 Å². The van der Waals surface area contributed by atoms with Crippen molar-refractivity contribution in [3.05, 3.63) is 52.5 Å². The third-order valence-electron chi connectivity index (χ3n) is 3.01. The van der Waals surface area contributed by atoms with E-state index in [0.717, 1.165) is 21.3 Å². The molecule has 0 unspecified atom stereocenters. The zero-order chi connectivity index (χ0) is 14.1. The van der Waals surface area contributed by atoms with E-state index >= 15 is 0 Å². The number of nitrogens with two attached hydrogens (primary N) is 1. The molecular formula is C14H12BrN5. The number of benzene rings is 2. The molecule has 0 aliphatic rings. The molecule has 3 rings (SSSR count). The van der Waals surface area contributed by atoms with Crippen molar-refractivity contribution in [3.63, 3.8) is 0 Å². The maximum Gasteiger partial charge on any atom is 0.187 e. The molecule has 0 bridgehead atoms. The quantitative estimate of drug-likeness (QED) is 0.734. The molecule has 3 aromatic rings. The van der Waals surface area contributed by atoms with E-state index in [9.17, 15) is 0 Å². The zero-order valence-corrected chi connectivity index (χ0v) is 12.4. The molecule has 0 saturated carbocycles. The van der Waals surface area contributed by atoms with Gasteiger partial charge in [-0.25, -0.2) is 0 Å². The summed E-state index contributed by atoms with van der Waals surface area (Å²) in [5.41, 5.74) is 9.41. The molecule has 5 nitrogen and oxygen atoms in total. The molecule has 0 radical (unpaired) electrons. The molecular weight excluding hydrogens is 318 g/mol. The van der Waals surface area contributed by atoms with Crippen molar-refractivity contribution in [1.82, 2.24) is 20.2 Å². The lowest BCUT2D eigenvalue weighted by Gasteiger charge is -2.08. The Labute approximate surface area is 124 Å². The van der Waals surface area contributed by atoms with E-state index in [2.05, 4.69) is 31.5 Å². The number of tetrazole rings is 1. The second-order valence-electron chi connectivity index (χ2n) is 4.47. The number of nitrogens with zero attached hydrogens (tertiary/aromatic N) is 4. The SMILES string of the molecule is Cc1ccc(Br)cc1-n1nnnc1-c1cccc(N)c1. The zero-order valence-electron chi connectivity index (χ0n) is 10.8. The van der Waals surface area contributed by atoms with Gasteiger partial charge in [-0.15, -0.1) is 5.10 Å². The van der Waals surface area contributed by atoms with E-state index in [1.165, 1.54) is 0 Å². The second-order valence-corrected chi connectivity index (χ2v) is 5.39. The molecule has 100 valence electrons. The van der Waals surface area contributed by atoms with Crippen molar-refractivity contribution in [3.8, 4) is 17.1 Å². The maximum absolute atomic E-state index is 5.82. The summed E-state index contributed by atoms with van der Waals surface area (Å²) < 4.78 is 2.70. The fraction of sp³-hybridized carbons (Fsp3) is 0.0714. The third-order valence-corrected chi connectivity index (χ3v) is 3.51. The van der Waals surface area contributed by atoms with Gasteiger partial charge in [-0.3, -0.25) is 0 Å². The van der Waals surface area contributed by atoms with Crippen LogP contribution in [0, 0.1) is 6.92 Å². The van der Waals surface area contributed by atoms with E-state index < -0.39 is 0 Å². The minimum atomic E-state index is 0.665. The van der Waals surface area contributed by atoms with E-state index in [-0.39, 0.29) is 0 Å². The van der Waals surface area contributed by atoms with Crippen LogP contribution in [0.15, 0.2) is 46.9 Å². The molecule has 0 fully saturated rings. The summed E-state index contributed by atoms with van der Waals surface area (Å²) in [7, 11) is 0. The van der Waals surface area contributed by atoms with Crippen molar-refractivity contribution < 1.29 is 0 Å². The number of hydrogen-bond donors (Lipinski definition) is 1. The maximum atomic E-state index is 5.82. The number of rotatable bonds is 2. The smallest absolute Gasteiger partial charge is 0.187 e. The van der Waals surface area contributed by atoms with Crippen LogP contribution in [0.5, 0.6) is 0 Å². The largest absolute Gasteiger partial charge is 0.399 e. The van der Waals surface area contributed by atoms with Gasteiger partial charge in [0.1, 0.15) is 0 Å². The first-order chi connectivity index (χ1) is 9.65. The Morgan fingerprint density at radius 1 is 1.15 bits per heavy atom. The van der Waals surface area contributed by atoms with Crippen LogP contribution < -0.4 is 5.73 Å². The van der Waals surface area contributed by atoms with E-state index in [0.29, 0.717) is 11.5 Å². The summed E-state index contributed by atoms with van der Waals surface area (Å²) in [6.07, 6.45) is 0. The molecule has 0 saturated heterocycles. The predicted octanol–water partition coefficient (Wildman–Crippen LogP) is 2.98. The first kappa shape index (κ1) is 12.8. The Hall–Kier alpha value is -2.21. The fourth-order valence-electron chi connectivity index (χ4n) is 2.02. The minimum absolute atomic E-state index is 0.665. The van der Waals surface area contributed by atoms with Crippen LogP contribution in [0.4, 0.5) is 5.69 Å². The molecule has 1 aromatic heterocycles. The van der Waals surface area contributed by atoms with Gasteiger partial charge in [-0.2, -0.15) is 4.68 Å². The average molecular weight is 330 g/mol. The molecule has 0 aliphatic heterocycles. The van der Waals surface area contributed by atoms with Crippen molar-refractivity contribution in [2.45, 2.75) is 6.92 Å². The average Bonchev–Trinajstić information content (AvgIpc) is 2.90. The van der Waals surface area contributed by atoms with Gasteiger partial charge in [0.15, 0.2) is 5.82 Å². The van der Waals surface area contributed by atoms with Crippen LogP contribution in [0.25, 0.3) is 17.1 Å². The van der Waals surface area contributed by atoms with Gasteiger partial charge in [-0.1, -0.05) is 34.1 Å².